The minimum Gasteiger partial charge on any atom is -0.444 e. The van der Waals surface area contributed by atoms with Gasteiger partial charge in [-0.05, 0) is 50.5 Å². The first-order valence-corrected chi connectivity index (χ1v) is 7.73. The lowest BCUT2D eigenvalue weighted by Crippen LogP contribution is -2.37. The molecule has 1 aliphatic heterocycles. The Labute approximate surface area is 124 Å². The van der Waals surface area contributed by atoms with Gasteiger partial charge in [-0.2, -0.15) is 0 Å². The van der Waals surface area contributed by atoms with Crippen LogP contribution in [0.2, 0.25) is 5.22 Å². The van der Waals surface area contributed by atoms with E-state index in [2.05, 4.69) is 23.2 Å². The Bertz CT molecular complexity index is 575. The van der Waals surface area contributed by atoms with Gasteiger partial charge in [0, 0.05) is 30.1 Å². The first-order chi connectivity index (χ1) is 9.74. The lowest BCUT2D eigenvalue weighted by molar-refractivity contribution is 0.298. The van der Waals surface area contributed by atoms with Crippen LogP contribution in [0.3, 0.4) is 0 Å². The highest BCUT2D eigenvalue weighted by molar-refractivity contribution is 6.30. The molecule has 0 saturated carbocycles. The van der Waals surface area contributed by atoms with Crippen molar-refractivity contribution in [3.05, 3.63) is 35.0 Å². The smallest absolute Gasteiger partial charge is 0.199 e. The highest BCUT2D eigenvalue weighted by atomic mass is 35.5. The summed E-state index contributed by atoms with van der Waals surface area (Å²) in [5.74, 6) is 0. The zero-order chi connectivity index (χ0) is 13.9. The molecule has 0 spiro atoms. The van der Waals surface area contributed by atoms with Crippen molar-refractivity contribution >= 4 is 22.6 Å². The van der Waals surface area contributed by atoms with E-state index in [4.69, 9.17) is 16.0 Å². The number of para-hydroxylation sites is 1. The van der Waals surface area contributed by atoms with Crippen LogP contribution in [0.5, 0.6) is 0 Å². The zero-order valence-electron chi connectivity index (χ0n) is 11.9. The molecule has 1 aliphatic rings. The molecule has 0 bridgehead atoms. The second kappa shape index (κ2) is 6.17. The van der Waals surface area contributed by atoms with Gasteiger partial charge >= 0.3 is 0 Å². The van der Waals surface area contributed by atoms with Gasteiger partial charge in [-0.15, -0.1) is 0 Å². The molecule has 0 radical (unpaired) electrons. The molecular formula is C16H21ClN2O. The molecule has 3 rings (SSSR count). The van der Waals surface area contributed by atoms with Crippen LogP contribution in [-0.2, 0) is 6.54 Å². The van der Waals surface area contributed by atoms with Gasteiger partial charge < -0.3 is 14.6 Å². The Morgan fingerprint density at radius 2 is 2.05 bits per heavy atom. The van der Waals surface area contributed by atoms with E-state index >= 15 is 0 Å². The van der Waals surface area contributed by atoms with Crippen LogP contribution < -0.4 is 5.32 Å². The predicted octanol–water partition coefficient (Wildman–Crippen LogP) is 3.66. The third kappa shape index (κ3) is 3.00. The number of hydrogen-bond acceptors (Lipinski definition) is 3. The molecule has 1 aromatic heterocycles. The van der Waals surface area contributed by atoms with E-state index in [1.165, 1.54) is 25.9 Å². The van der Waals surface area contributed by atoms with E-state index < -0.39 is 0 Å². The molecule has 1 saturated heterocycles. The Morgan fingerprint density at radius 3 is 2.85 bits per heavy atom. The summed E-state index contributed by atoms with van der Waals surface area (Å²) in [6.45, 7) is 6.57. The quantitative estimate of drug-likeness (QED) is 0.911. The normalized spacial score (nSPS) is 17.9. The lowest BCUT2D eigenvalue weighted by atomic mass is 10.1. The largest absolute Gasteiger partial charge is 0.444 e. The molecule has 1 aromatic carbocycles. The fourth-order valence-electron chi connectivity index (χ4n) is 2.93. The fraction of sp³-hybridized carbons (Fsp3) is 0.500. The Balaban J connectivity index is 1.62. The number of halogens is 1. The van der Waals surface area contributed by atoms with Crippen molar-refractivity contribution in [3.8, 4) is 0 Å². The van der Waals surface area contributed by atoms with Crippen LogP contribution >= 0.6 is 11.6 Å². The molecular weight excluding hydrogens is 272 g/mol. The maximum absolute atomic E-state index is 6.20. The average Bonchev–Trinajstić information content (AvgIpc) is 3.03. The number of nitrogens with zero attached hydrogens (tertiary/aromatic N) is 1. The molecule has 2 aromatic rings. The summed E-state index contributed by atoms with van der Waals surface area (Å²) in [4.78, 5) is 2.52. The van der Waals surface area contributed by atoms with Crippen molar-refractivity contribution in [2.24, 2.45) is 0 Å². The second-order valence-corrected chi connectivity index (χ2v) is 5.98. The van der Waals surface area contributed by atoms with Crippen molar-refractivity contribution in [3.63, 3.8) is 0 Å². The third-order valence-electron chi connectivity index (χ3n) is 4.01. The van der Waals surface area contributed by atoms with E-state index in [1.54, 1.807) is 0 Å². The molecule has 0 aliphatic carbocycles. The third-order valence-corrected chi connectivity index (χ3v) is 4.31. The average molecular weight is 293 g/mol. The molecule has 1 N–H and O–H groups in total. The minimum absolute atomic E-state index is 0.456. The van der Waals surface area contributed by atoms with Crippen molar-refractivity contribution in [2.45, 2.75) is 32.4 Å². The number of nitrogens with one attached hydrogen (secondary N) is 1. The van der Waals surface area contributed by atoms with Crippen molar-refractivity contribution < 1.29 is 4.42 Å². The van der Waals surface area contributed by atoms with Gasteiger partial charge in [0.15, 0.2) is 5.22 Å². The van der Waals surface area contributed by atoms with Gasteiger partial charge in [0.05, 0.1) is 0 Å². The maximum Gasteiger partial charge on any atom is 0.199 e. The van der Waals surface area contributed by atoms with Crippen LogP contribution in [0.1, 0.15) is 25.3 Å². The van der Waals surface area contributed by atoms with Gasteiger partial charge in [0.25, 0.3) is 0 Å². The van der Waals surface area contributed by atoms with Gasteiger partial charge in [-0.1, -0.05) is 18.2 Å². The van der Waals surface area contributed by atoms with Gasteiger partial charge in [-0.3, -0.25) is 0 Å². The van der Waals surface area contributed by atoms with Crippen molar-refractivity contribution in [1.29, 1.82) is 0 Å². The number of hydrogen-bond donors (Lipinski definition) is 1. The molecule has 2 heterocycles. The maximum atomic E-state index is 6.20. The van der Waals surface area contributed by atoms with E-state index in [0.717, 1.165) is 29.6 Å². The lowest BCUT2D eigenvalue weighted by Gasteiger charge is -2.21. The summed E-state index contributed by atoms with van der Waals surface area (Å²) in [5.41, 5.74) is 1.93. The van der Waals surface area contributed by atoms with E-state index in [9.17, 15) is 0 Å². The summed E-state index contributed by atoms with van der Waals surface area (Å²) in [6.07, 6.45) is 2.68. The monoisotopic (exact) mass is 292 g/mol. The summed E-state index contributed by atoms with van der Waals surface area (Å²) >= 11 is 6.20. The topological polar surface area (TPSA) is 28.4 Å². The minimum atomic E-state index is 0.456. The molecule has 3 nitrogen and oxygen atoms in total. The summed E-state index contributed by atoms with van der Waals surface area (Å²) in [5, 5.41) is 5.17. The highest BCUT2D eigenvalue weighted by Gasteiger charge is 2.16. The number of fused-ring (bicyclic) bond motifs is 1. The SMILES string of the molecule is CC(CN1CCCC1)NCc1c(Cl)oc2ccccc12. The van der Waals surface area contributed by atoms with E-state index in [0.29, 0.717) is 11.3 Å². The Hall–Kier alpha value is -1.03. The summed E-state index contributed by atoms with van der Waals surface area (Å²) in [6, 6.07) is 8.46. The number of likely N-dealkylation sites (tertiary alicyclic amines) is 1. The number of rotatable bonds is 5. The Morgan fingerprint density at radius 1 is 1.30 bits per heavy atom. The molecule has 108 valence electrons. The van der Waals surface area contributed by atoms with Gasteiger partial charge in [0.2, 0.25) is 0 Å². The van der Waals surface area contributed by atoms with Crippen LogP contribution in [0, 0.1) is 0 Å². The first kappa shape index (κ1) is 13.9. The second-order valence-electron chi connectivity index (χ2n) is 5.64. The van der Waals surface area contributed by atoms with Crippen LogP contribution in [0.4, 0.5) is 0 Å². The molecule has 1 atom stereocenters. The van der Waals surface area contributed by atoms with Crippen molar-refractivity contribution in [2.75, 3.05) is 19.6 Å². The molecule has 1 fully saturated rings. The van der Waals surface area contributed by atoms with E-state index in [1.807, 2.05) is 18.2 Å². The van der Waals surface area contributed by atoms with Crippen molar-refractivity contribution in [1.82, 2.24) is 10.2 Å². The Kier molecular flexibility index (Phi) is 4.29. The van der Waals surface area contributed by atoms with Gasteiger partial charge in [-0.25, -0.2) is 0 Å². The fourth-order valence-corrected chi connectivity index (χ4v) is 3.18. The molecule has 20 heavy (non-hydrogen) atoms. The van der Waals surface area contributed by atoms with Crippen LogP contribution in [0.15, 0.2) is 28.7 Å². The standard InChI is InChI=1S/C16H21ClN2O/c1-12(11-19-8-4-5-9-19)18-10-14-13-6-2-3-7-15(13)20-16(14)17/h2-3,6-7,12,18H,4-5,8-11H2,1H3. The zero-order valence-corrected chi connectivity index (χ0v) is 12.6. The summed E-state index contributed by atoms with van der Waals surface area (Å²) in [7, 11) is 0. The number of furan rings is 1. The highest BCUT2D eigenvalue weighted by Crippen LogP contribution is 2.29. The van der Waals surface area contributed by atoms with Gasteiger partial charge in [0.1, 0.15) is 5.58 Å². The molecule has 0 amide bonds. The number of benzene rings is 1. The van der Waals surface area contributed by atoms with Crippen LogP contribution in [-0.4, -0.2) is 30.6 Å². The predicted molar refractivity (Wildman–Crippen MR) is 83.2 cm³/mol. The van der Waals surface area contributed by atoms with E-state index in [-0.39, 0.29) is 0 Å². The summed E-state index contributed by atoms with van der Waals surface area (Å²) < 4.78 is 5.58. The molecule has 1 unspecified atom stereocenters. The van der Waals surface area contributed by atoms with Crippen LogP contribution in [0.25, 0.3) is 11.0 Å². The molecule has 4 heteroatoms. The first-order valence-electron chi connectivity index (χ1n) is 7.35.